The molecule has 0 atom stereocenters. The Balaban J connectivity index is 2.38. The number of nitrogen functional groups attached to an aromatic ring is 1. The van der Waals surface area contributed by atoms with E-state index in [2.05, 4.69) is 0 Å². The third kappa shape index (κ3) is 6.46. The van der Waals surface area contributed by atoms with Gasteiger partial charge in [-0.05, 0) is 25.1 Å². The molecule has 0 fully saturated rings. The highest BCUT2D eigenvalue weighted by Gasteiger charge is 2.11. The molecule has 1 aromatic rings. The minimum atomic E-state index is -0.441. The highest BCUT2D eigenvalue weighted by atomic mass is 16.5. The molecule has 0 radical (unpaired) electrons. The normalized spacial score (nSPS) is 10.4. The van der Waals surface area contributed by atoms with E-state index in [1.165, 1.54) is 0 Å². The number of hydrogen-bond donors (Lipinski definition) is 1. The van der Waals surface area contributed by atoms with Gasteiger partial charge in [-0.15, -0.1) is 0 Å². The summed E-state index contributed by atoms with van der Waals surface area (Å²) in [5.74, 6) is 0.146. The van der Waals surface area contributed by atoms with Gasteiger partial charge in [-0.3, -0.25) is 0 Å². The van der Waals surface area contributed by atoms with Crippen molar-refractivity contribution in [1.29, 1.82) is 0 Å². The van der Waals surface area contributed by atoms with Crippen molar-refractivity contribution in [2.24, 2.45) is 0 Å². The Morgan fingerprint density at radius 2 is 2.00 bits per heavy atom. The number of anilines is 1. The number of carbonyl (C=O) groups is 1. The summed E-state index contributed by atoms with van der Waals surface area (Å²) in [6.45, 7) is 4.32. The van der Waals surface area contributed by atoms with Crippen LogP contribution in [0.25, 0.3) is 0 Å². The van der Waals surface area contributed by atoms with Crippen LogP contribution in [-0.2, 0) is 14.2 Å². The van der Waals surface area contributed by atoms with Gasteiger partial charge >= 0.3 is 5.97 Å². The number of benzene rings is 1. The molecule has 0 amide bonds. The summed E-state index contributed by atoms with van der Waals surface area (Å²) in [6.07, 6.45) is 0.753. The first-order chi connectivity index (χ1) is 10.2. The molecule has 0 unspecified atom stereocenters. The topological polar surface area (TPSA) is 80.0 Å². The van der Waals surface area contributed by atoms with Gasteiger partial charge in [-0.25, -0.2) is 4.79 Å². The Morgan fingerprint density at radius 1 is 1.19 bits per heavy atom. The summed E-state index contributed by atoms with van der Waals surface area (Å²) in [6, 6.07) is 4.96. The molecule has 0 bridgehead atoms. The van der Waals surface area contributed by atoms with E-state index in [0.717, 1.165) is 6.42 Å². The van der Waals surface area contributed by atoms with Gasteiger partial charge in [0.1, 0.15) is 5.75 Å². The monoisotopic (exact) mass is 297 g/mol. The zero-order chi connectivity index (χ0) is 15.5. The summed E-state index contributed by atoms with van der Waals surface area (Å²) in [7, 11) is 1.63. The van der Waals surface area contributed by atoms with Gasteiger partial charge < -0.3 is 24.7 Å². The van der Waals surface area contributed by atoms with Gasteiger partial charge in [0, 0.05) is 25.8 Å². The molecule has 0 heterocycles. The van der Waals surface area contributed by atoms with E-state index < -0.39 is 5.97 Å². The van der Waals surface area contributed by atoms with E-state index in [1.807, 2.05) is 0 Å². The van der Waals surface area contributed by atoms with Crippen molar-refractivity contribution in [3.63, 3.8) is 0 Å². The summed E-state index contributed by atoms with van der Waals surface area (Å²) in [4.78, 5) is 11.7. The molecule has 21 heavy (non-hydrogen) atoms. The van der Waals surface area contributed by atoms with Crippen LogP contribution in [0.5, 0.6) is 5.75 Å². The zero-order valence-electron chi connectivity index (χ0n) is 12.6. The molecule has 1 aromatic carbocycles. The molecule has 0 saturated heterocycles. The van der Waals surface area contributed by atoms with E-state index in [0.29, 0.717) is 50.0 Å². The van der Waals surface area contributed by atoms with Crippen molar-refractivity contribution < 1.29 is 23.7 Å². The van der Waals surface area contributed by atoms with E-state index >= 15 is 0 Å². The predicted octanol–water partition coefficient (Wildman–Crippen LogP) is 1.88. The standard InChI is InChI=1S/C15H23NO5/c1-3-20-15(17)13-11-12(5-6-14(13)16)21-8-4-7-19-10-9-18-2/h5-6,11H,3-4,7-10,16H2,1-2H3. The van der Waals surface area contributed by atoms with Crippen LogP contribution in [-0.4, -0.2) is 46.1 Å². The lowest BCUT2D eigenvalue weighted by Gasteiger charge is -2.10. The third-order valence-electron chi connectivity index (χ3n) is 2.65. The molecule has 0 aromatic heterocycles. The lowest BCUT2D eigenvalue weighted by Crippen LogP contribution is -2.09. The minimum Gasteiger partial charge on any atom is -0.493 e. The van der Waals surface area contributed by atoms with Gasteiger partial charge in [0.2, 0.25) is 0 Å². The molecule has 2 N–H and O–H groups in total. The van der Waals surface area contributed by atoms with Crippen molar-refractivity contribution in [3.05, 3.63) is 23.8 Å². The average Bonchev–Trinajstić information content (AvgIpc) is 2.48. The molecule has 0 saturated carbocycles. The first-order valence-electron chi connectivity index (χ1n) is 6.95. The van der Waals surface area contributed by atoms with Gasteiger partial charge in [0.05, 0.1) is 32.0 Å². The summed E-state index contributed by atoms with van der Waals surface area (Å²) >= 11 is 0. The Labute approximate surface area is 125 Å². The number of rotatable bonds is 10. The second-order valence-electron chi connectivity index (χ2n) is 4.28. The lowest BCUT2D eigenvalue weighted by atomic mass is 10.2. The predicted molar refractivity (Wildman–Crippen MR) is 79.6 cm³/mol. The quantitative estimate of drug-likeness (QED) is 0.403. The molecule has 6 nitrogen and oxygen atoms in total. The third-order valence-corrected chi connectivity index (χ3v) is 2.65. The van der Waals surface area contributed by atoms with E-state index in [9.17, 15) is 4.79 Å². The maximum absolute atomic E-state index is 11.7. The average molecular weight is 297 g/mol. The van der Waals surface area contributed by atoms with E-state index in [4.69, 9.17) is 24.7 Å². The van der Waals surface area contributed by atoms with Crippen molar-refractivity contribution in [1.82, 2.24) is 0 Å². The zero-order valence-corrected chi connectivity index (χ0v) is 12.6. The van der Waals surface area contributed by atoms with Gasteiger partial charge in [-0.1, -0.05) is 0 Å². The fourth-order valence-corrected chi connectivity index (χ4v) is 1.61. The molecule has 0 spiro atoms. The highest BCUT2D eigenvalue weighted by molar-refractivity contribution is 5.95. The fraction of sp³-hybridized carbons (Fsp3) is 0.533. The molecule has 6 heteroatoms. The van der Waals surface area contributed by atoms with Crippen molar-refractivity contribution in [3.8, 4) is 5.75 Å². The number of nitrogens with two attached hydrogens (primary N) is 1. The Kier molecular flexibility index (Phi) is 8.23. The summed E-state index contributed by atoms with van der Waals surface area (Å²) in [5.41, 5.74) is 6.46. The van der Waals surface area contributed by atoms with Crippen LogP contribution in [0.3, 0.4) is 0 Å². The largest absolute Gasteiger partial charge is 0.493 e. The Bertz CT molecular complexity index is 436. The molecule has 118 valence electrons. The van der Waals surface area contributed by atoms with E-state index in [1.54, 1.807) is 32.2 Å². The van der Waals surface area contributed by atoms with Crippen molar-refractivity contribution in [2.75, 3.05) is 45.9 Å². The molecular weight excluding hydrogens is 274 g/mol. The van der Waals surface area contributed by atoms with E-state index in [-0.39, 0.29) is 0 Å². The van der Waals surface area contributed by atoms with Gasteiger partial charge in [-0.2, -0.15) is 0 Å². The smallest absolute Gasteiger partial charge is 0.340 e. The minimum absolute atomic E-state index is 0.308. The fourth-order valence-electron chi connectivity index (χ4n) is 1.61. The SMILES string of the molecule is CCOC(=O)c1cc(OCCCOCCOC)ccc1N. The van der Waals surface area contributed by atoms with Crippen LogP contribution < -0.4 is 10.5 Å². The molecule has 0 aliphatic heterocycles. The molecular formula is C15H23NO5. The Morgan fingerprint density at radius 3 is 2.71 bits per heavy atom. The summed E-state index contributed by atoms with van der Waals surface area (Å²) < 4.78 is 20.7. The van der Waals surface area contributed by atoms with Crippen LogP contribution in [0, 0.1) is 0 Å². The number of methoxy groups -OCH3 is 1. The van der Waals surface area contributed by atoms with Crippen LogP contribution in [0.4, 0.5) is 5.69 Å². The van der Waals surface area contributed by atoms with Gasteiger partial charge in [0.25, 0.3) is 0 Å². The number of esters is 1. The van der Waals surface area contributed by atoms with Crippen molar-refractivity contribution >= 4 is 11.7 Å². The second kappa shape index (κ2) is 10.0. The van der Waals surface area contributed by atoms with Crippen LogP contribution in [0.1, 0.15) is 23.7 Å². The number of carbonyl (C=O) groups excluding carboxylic acids is 1. The molecule has 0 aliphatic rings. The van der Waals surface area contributed by atoms with Crippen molar-refractivity contribution in [2.45, 2.75) is 13.3 Å². The first-order valence-corrected chi connectivity index (χ1v) is 6.95. The first kappa shape index (κ1) is 17.3. The maximum Gasteiger partial charge on any atom is 0.340 e. The number of ether oxygens (including phenoxy) is 4. The summed E-state index contributed by atoms with van der Waals surface area (Å²) in [5, 5.41) is 0. The van der Waals surface area contributed by atoms with Gasteiger partial charge in [0.15, 0.2) is 0 Å². The van der Waals surface area contributed by atoms with Crippen LogP contribution in [0.2, 0.25) is 0 Å². The molecule has 0 aliphatic carbocycles. The van der Waals surface area contributed by atoms with Crippen LogP contribution in [0.15, 0.2) is 18.2 Å². The molecule has 1 rings (SSSR count). The second-order valence-corrected chi connectivity index (χ2v) is 4.28. The highest BCUT2D eigenvalue weighted by Crippen LogP contribution is 2.20. The lowest BCUT2D eigenvalue weighted by molar-refractivity contribution is 0.0526. The Hall–Kier alpha value is -1.79. The number of hydrogen-bond acceptors (Lipinski definition) is 6. The maximum atomic E-state index is 11.7. The van der Waals surface area contributed by atoms with Crippen LogP contribution >= 0.6 is 0 Å².